The number of allylic oxidation sites excluding steroid dienone is 2. The van der Waals surface area contributed by atoms with Crippen LogP contribution in [0.1, 0.15) is 44.9 Å². The number of carbonyl (C=O) groups excluding carboxylic acids is 2. The zero-order valence-electron chi connectivity index (χ0n) is 12.0. The van der Waals surface area contributed by atoms with Crippen LogP contribution >= 0.6 is 0 Å². The summed E-state index contributed by atoms with van der Waals surface area (Å²) in [5, 5.41) is 3.13. The molecule has 0 aromatic heterocycles. The van der Waals surface area contributed by atoms with Gasteiger partial charge >= 0.3 is 0 Å². The van der Waals surface area contributed by atoms with Gasteiger partial charge in [0.2, 0.25) is 11.8 Å². The summed E-state index contributed by atoms with van der Waals surface area (Å²) >= 11 is 0. The van der Waals surface area contributed by atoms with Gasteiger partial charge in [-0.1, -0.05) is 12.2 Å². The summed E-state index contributed by atoms with van der Waals surface area (Å²) in [4.78, 5) is 25.9. The van der Waals surface area contributed by atoms with Crippen molar-refractivity contribution in [3.05, 3.63) is 12.2 Å². The molecule has 2 fully saturated rings. The largest absolute Gasteiger partial charge is 0.353 e. The average molecular weight is 276 g/mol. The molecule has 4 nitrogen and oxygen atoms in total. The molecule has 1 heterocycles. The van der Waals surface area contributed by atoms with Crippen molar-refractivity contribution in [1.29, 1.82) is 0 Å². The summed E-state index contributed by atoms with van der Waals surface area (Å²) in [5.41, 5.74) is 0. The van der Waals surface area contributed by atoms with Crippen molar-refractivity contribution < 1.29 is 9.59 Å². The molecule has 1 aliphatic heterocycles. The minimum absolute atomic E-state index is 0.228. The highest BCUT2D eigenvalue weighted by Crippen LogP contribution is 2.29. The maximum atomic E-state index is 12.2. The summed E-state index contributed by atoms with van der Waals surface area (Å²) in [6.45, 7) is 1.59. The van der Waals surface area contributed by atoms with Crippen LogP contribution in [0.5, 0.6) is 0 Å². The molecular formula is C16H24N2O2. The lowest BCUT2D eigenvalue weighted by Gasteiger charge is -2.33. The Hall–Kier alpha value is -1.32. The second-order valence-electron chi connectivity index (χ2n) is 6.41. The second kappa shape index (κ2) is 5.98. The van der Waals surface area contributed by atoms with Crippen LogP contribution in [-0.2, 0) is 9.59 Å². The van der Waals surface area contributed by atoms with E-state index < -0.39 is 0 Å². The molecule has 0 aromatic rings. The van der Waals surface area contributed by atoms with E-state index >= 15 is 0 Å². The highest BCUT2D eigenvalue weighted by atomic mass is 16.2. The molecule has 0 unspecified atom stereocenters. The zero-order chi connectivity index (χ0) is 13.9. The number of nitrogens with one attached hydrogen (secondary N) is 1. The van der Waals surface area contributed by atoms with Crippen LogP contribution in [0.25, 0.3) is 0 Å². The molecule has 0 spiro atoms. The summed E-state index contributed by atoms with van der Waals surface area (Å²) in [6.07, 6.45) is 11.2. The van der Waals surface area contributed by atoms with Crippen molar-refractivity contribution in [3.63, 3.8) is 0 Å². The maximum Gasteiger partial charge on any atom is 0.223 e. The van der Waals surface area contributed by atoms with E-state index in [0.29, 0.717) is 12.3 Å². The Balaban J connectivity index is 1.39. The zero-order valence-corrected chi connectivity index (χ0v) is 12.0. The van der Waals surface area contributed by atoms with Gasteiger partial charge in [-0.3, -0.25) is 9.59 Å². The van der Waals surface area contributed by atoms with Gasteiger partial charge < -0.3 is 10.2 Å². The van der Waals surface area contributed by atoms with Gasteiger partial charge in [-0.05, 0) is 44.4 Å². The molecule has 3 rings (SSSR count). The fourth-order valence-electron chi connectivity index (χ4n) is 3.16. The Kier molecular flexibility index (Phi) is 4.08. The number of likely N-dealkylation sites (tertiary alicyclic amines) is 1. The molecule has 4 heteroatoms. The first kappa shape index (κ1) is 13.7. The van der Waals surface area contributed by atoms with Gasteiger partial charge in [0.1, 0.15) is 0 Å². The predicted octanol–water partition coefficient (Wildman–Crippen LogP) is 1.86. The molecule has 0 bridgehead atoms. The fourth-order valence-corrected chi connectivity index (χ4v) is 3.16. The summed E-state index contributed by atoms with van der Waals surface area (Å²) in [7, 11) is 0. The van der Waals surface area contributed by atoms with E-state index in [4.69, 9.17) is 0 Å². The van der Waals surface area contributed by atoms with Crippen molar-refractivity contribution in [3.8, 4) is 0 Å². The van der Waals surface area contributed by atoms with Gasteiger partial charge in [-0.2, -0.15) is 0 Å². The Morgan fingerprint density at radius 1 is 1.10 bits per heavy atom. The standard InChI is InChI=1S/C16H24N2O2/c19-15(11-12-3-1-2-4-12)18-9-7-14(8-10-18)17-16(20)13-5-6-13/h1,3,12-14H,2,4-11H2,(H,17,20)/t12-/m0/s1. The van der Waals surface area contributed by atoms with Gasteiger partial charge in [-0.25, -0.2) is 0 Å². The van der Waals surface area contributed by atoms with Gasteiger partial charge in [0.15, 0.2) is 0 Å². The topological polar surface area (TPSA) is 49.4 Å². The number of carbonyl (C=O) groups is 2. The first-order valence-corrected chi connectivity index (χ1v) is 7.97. The highest BCUT2D eigenvalue weighted by molar-refractivity contribution is 5.81. The van der Waals surface area contributed by atoms with Crippen LogP contribution in [0.4, 0.5) is 0 Å². The average Bonchev–Trinajstić information content (AvgIpc) is 3.19. The second-order valence-corrected chi connectivity index (χ2v) is 6.41. The third kappa shape index (κ3) is 3.41. The van der Waals surface area contributed by atoms with Gasteiger partial charge in [0.05, 0.1) is 0 Å². The minimum atomic E-state index is 0.228. The minimum Gasteiger partial charge on any atom is -0.353 e. The Morgan fingerprint density at radius 2 is 1.85 bits per heavy atom. The number of amides is 2. The molecule has 2 aliphatic carbocycles. The van der Waals surface area contributed by atoms with Crippen molar-refractivity contribution >= 4 is 11.8 Å². The van der Waals surface area contributed by atoms with Gasteiger partial charge in [0.25, 0.3) is 0 Å². The van der Waals surface area contributed by atoms with E-state index in [2.05, 4.69) is 17.5 Å². The summed E-state index contributed by atoms with van der Waals surface area (Å²) < 4.78 is 0. The third-order valence-electron chi connectivity index (χ3n) is 4.69. The monoisotopic (exact) mass is 276 g/mol. The van der Waals surface area contributed by atoms with Crippen LogP contribution in [0.3, 0.4) is 0 Å². The molecule has 2 amide bonds. The normalized spacial score (nSPS) is 26.8. The quantitative estimate of drug-likeness (QED) is 0.797. The first-order chi connectivity index (χ1) is 9.72. The third-order valence-corrected chi connectivity index (χ3v) is 4.69. The maximum absolute atomic E-state index is 12.2. The van der Waals surface area contributed by atoms with Crippen LogP contribution in [0.2, 0.25) is 0 Å². The predicted molar refractivity (Wildman–Crippen MR) is 76.9 cm³/mol. The molecule has 20 heavy (non-hydrogen) atoms. The molecular weight excluding hydrogens is 252 g/mol. The summed E-state index contributed by atoms with van der Waals surface area (Å²) in [6, 6.07) is 0.276. The van der Waals surface area contributed by atoms with E-state index in [-0.39, 0.29) is 23.8 Å². The lowest BCUT2D eigenvalue weighted by Crippen LogP contribution is -2.47. The molecule has 1 saturated carbocycles. The highest BCUT2D eigenvalue weighted by Gasteiger charge is 2.32. The fraction of sp³-hybridized carbons (Fsp3) is 0.750. The van der Waals surface area contributed by atoms with E-state index in [1.54, 1.807) is 0 Å². The van der Waals surface area contributed by atoms with Crippen molar-refractivity contribution in [2.24, 2.45) is 11.8 Å². The number of piperidine rings is 1. The Morgan fingerprint density at radius 3 is 2.45 bits per heavy atom. The van der Waals surface area contributed by atoms with Crippen molar-refractivity contribution in [2.45, 2.75) is 51.0 Å². The van der Waals surface area contributed by atoms with Crippen molar-refractivity contribution in [2.75, 3.05) is 13.1 Å². The van der Waals surface area contributed by atoms with Crippen LogP contribution in [0, 0.1) is 11.8 Å². The smallest absolute Gasteiger partial charge is 0.223 e. The van der Waals surface area contributed by atoms with E-state index in [9.17, 15) is 9.59 Å². The molecule has 3 aliphatic rings. The van der Waals surface area contributed by atoms with Crippen LogP contribution < -0.4 is 5.32 Å². The summed E-state index contributed by atoms with van der Waals surface area (Å²) in [5.74, 6) is 1.25. The van der Waals surface area contributed by atoms with E-state index in [1.807, 2.05) is 4.90 Å². The number of nitrogens with zero attached hydrogens (tertiary/aromatic N) is 1. The molecule has 1 saturated heterocycles. The Labute approximate surface area is 120 Å². The molecule has 1 N–H and O–H groups in total. The molecule has 0 aromatic carbocycles. The van der Waals surface area contributed by atoms with Crippen LogP contribution in [-0.4, -0.2) is 35.8 Å². The lowest BCUT2D eigenvalue weighted by atomic mass is 10.0. The van der Waals surface area contributed by atoms with Crippen molar-refractivity contribution in [1.82, 2.24) is 10.2 Å². The van der Waals surface area contributed by atoms with Gasteiger partial charge in [0, 0.05) is 31.5 Å². The first-order valence-electron chi connectivity index (χ1n) is 7.97. The molecule has 110 valence electrons. The Bertz CT molecular complexity index is 407. The van der Waals surface area contributed by atoms with E-state index in [0.717, 1.165) is 51.6 Å². The van der Waals surface area contributed by atoms with Gasteiger partial charge in [-0.15, -0.1) is 0 Å². The SMILES string of the molecule is O=C(NC1CCN(C(=O)C[C@H]2C=CCC2)CC1)C1CC1. The molecule has 0 radical (unpaired) electrons. The molecule has 1 atom stereocenters. The number of rotatable bonds is 4. The number of hydrogen-bond acceptors (Lipinski definition) is 2. The number of hydrogen-bond donors (Lipinski definition) is 1. The van der Waals surface area contributed by atoms with E-state index in [1.165, 1.54) is 0 Å². The van der Waals surface area contributed by atoms with Crippen LogP contribution in [0.15, 0.2) is 12.2 Å². The lowest BCUT2D eigenvalue weighted by molar-refractivity contribution is -0.133.